The maximum Gasteiger partial charge on any atom is 0.247 e. The van der Waals surface area contributed by atoms with Crippen LogP contribution >= 0.6 is 0 Å². The lowest BCUT2D eigenvalue weighted by atomic mass is 9.80. The average Bonchev–Trinajstić information content (AvgIpc) is 2.91. The maximum atomic E-state index is 13.2. The molecule has 0 saturated carbocycles. The van der Waals surface area contributed by atoms with Crippen molar-refractivity contribution in [2.45, 2.75) is 95.8 Å². The van der Waals surface area contributed by atoms with E-state index in [1.807, 2.05) is 0 Å². The monoisotopic (exact) mass is 383 g/mol. The van der Waals surface area contributed by atoms with Crippen molar-refractivity contribution in [2.24, 2.45) is 10.2 Å². The summed E-state index contributed by atoms with van der Waals surface area (Å²) >= 11 is 0. The van der Waals surface area contributed by atoms with E-state index in [0.29, 0.717) is 13.2 Å². The Morgan fingerprint density at radius 3 is 2.08 bits per heavy atom. The molecule has 5 nitrogen and oxygen atoms in total. The Morgan fingerprint density at radius 2 is 1.68 bits per heavy atom. The van der Waals surface area contributed by atoms with Crippen LogP contribution in [-0.4, -0.2) is 51.8 Å². The van der Waals surface area contributed by atoms with Crippen molar-refractivity contribution >= 4 is 22.5 Å². The second kappa shape index (κ2) is 5.99. The summed E-state index contributed by atoms with van der Waals surface area (Å²) in [7, 11) is -3.83. The van der Waals surface area contributed by atoms with E-state index in [1.165, 1.54) is 0 Å². The topological polar surface area (TPSA) is 54.3 Å². The molecule has 0 aromatic carbocycles. The van der Waals surface area contributed by atoms with Gasteiger partial charge in [-0.2, -0.15) is 10.2 Å². The molecule has 0 bridgehead atoms. The molecule has 2 atom stereocenters. The van der Waals surface area contributed by atoms with Crippen LogP contribution < -0.4 is 0 Å². The molecule has 1 amide bonds. The molecular weight excluding hydrogens is 346 g/mol. The van der Waals surface area contributed by atoms with Crippen LogP contribution in [0, 0.1) is 0 Å². The van der Waals surface area contributed by atoms with Crippen molar-refractivity contribution in [3.8, 4) is 0 Å². The van der Waals surface area contributed by atoms with Gasteiger partial charge in [0.2, 0.25) is 5.91 Å². The fourth-order valence-corrected chi connectivity index (χ4v) is 6.69. The number of carbonyl (C=O) groups excluding carboxylic acids is 1. The zero-order valence-electron chi connectivity index (χ0n) is 17.9. The number of hydrogen-bond acceptors (Lipinski definition) is 4. The van der Waals surface area contributed by atoms with Crippen LogP contribution in [0.5, 0.6) is 0 Å². The van der Waals surface area contributed by atoms with Gasteiger partial charge in [-0.25, -0.2) is 0 Å². The lowest BCUT2D eigenvalue weighted by Crippen LogP contribution is -2.81. The lowest BCUT2D eigenvalue weighted by molar-refractivity contribution is -0.152. The molecule has 0 aromatic heterocycles. The van der Waals surface area contributed by atoms with Crippen molar-refractivity contribution < 1.29 is 9.22 Å². The molecule has 0 aliphatic carbocycles. The van der Waals surface area contributed by atoms with Crippen LogP contribution in [-0.2, 0) is 9.22 Å². The fraction of sp³-hybridized carbons (Fsp3) is 0.944. The van der Waals surface area contributed by atoms with E-state index in [1.54, 1.807) is 0 Å². The van der Waals surface area contributed by atoms with Crippen molar-refractivity contribution in [1.82, 2.24) is 4.57 Å². The molecule has 0 N–H and O–H groups in total. The summed E-state index contributed by atoms with van der Waals surface area (Å²) < 4.78 is 8.71. The summed E-state index contributed by atoms with van der Waals surface area (Å²) in [5.74, 6) is 0.184. The molecule has 2 aliphatic heterocycles. The van der Waals surface area contributed by atoms with Crippen LogP contribution in [0.4, 0.5) is 0 Å². The molecule has 1 spiro atoms. The summed E-state index contributed by atoms with van der Waals surface area (Å²) in [6, 6.07) is 0.0428. The molecule has 2 rings (SSSR count). The van der Waals surface area contributed by atoms with E-state index in [4.69, 9.17) is 4.43 Å². The van der Waals surface area contributed by atoms with Gasteiger partial charge >= 0.3 is 0 Å². The molecule has 2 aliphatic rings. The van der Waals surface area contributed by atoms with Crippen molar-refractivity contribution in [3.63, 3.8) is 0 Å². The fourth-order valence-electron chi connectivity index (χ4n) is 3.19. The first-order valence-corrected chi connectivity index (χ1v) is 15.3. The Balaban J connectivity index is 2.30. The quantitative estimate of drug-likeness (QED) is 0.516. The minimum atomic E-state index is -1.97. The SMILES string of the molecule is CC(C)(C)[Si](C)(C)OC[C@H]1N([Si](C)(C)C(C)(C)C)C(=O)[C@@]12CCN=N2. The highest BCUT2D eigenvalue weighted by Gasteiger charge is 2.67. The molecule has 7 heteroatoms. The summed E-state index contributed by atoms with van der Waals surface area (Å²) in [4.78, 5) is 13.2. The first-order valence-electron chi connectivity index (χ1n) is 9.44. The lowest BCUT2D eigenvalue weighted by Gasteiger charge is -2.61. The Morgan fingerprint density at radius 1 is 1.12 bits per heavy atom. The van der Waals surface area contributed by atoms with Gasteiger partial charge in [-0.15, -0.1) is 0 Å². The minimum Gasteiger partial charge on any atom is -0.415 e. The van der Waals surface area contributed by atoms with E-state index in [0.717, 1.165) is 6.42 Å². The second-order valence-electron chi connectivity index (χ2n) is 10.7. The van der Waals surface area contributed by atoms with E-state index < -0.39 is 22.1 Å². The van der Waals surface area contributed by atoms with Gasteiger partial charge in [0.1, 0.15) is 0 Å². The largest absolute Gasteiger partial charge is 0.415 e. The predicted molar refractivity (Wildman–Crippen MR) is 108 cm³/mol. The summed E-state index contributed by atoms with van der Waals surface area (Å²) in [6.07, 6.45) is 0.739. The third-order valence-corrected chi connectivity index (χ3v) is 17.0. The van der Waals surface area contributed by atoms with E-state index in [2.05, 4.69) is 82.5 Å². The number of β-lactam (4-membered cyclic amide) rings is 1. The van der Waals surface area contributed by atoms with Gasteiger partial charge < -0.3 is 8.99 Å². The van der Waals surface area contributed by atoms with Gasteiger partial charge in [0.05, 0.1) is 19.2 Å². The van der Waals surface area contributed by atoms with Crippen LogP contribution in [0.3, 0.4) is 0 Å². The normalized spacial score (nSPS) is 28.0. The highest BCUT2D eigenvalue weighted by Crippen LogP contribution is 2.50. The summed E-state index contributed by atoms with van der Waals surface area (Å²) in [6.45, 7) is 23.9. The minimum absolute atomic E-state index is 0.0428. The predicted octanol–water partition coefficient (Wildman–Crippen LogP) is 4.82. The van der Waals surface area contributed by atoms with Crippen LogP contribution in [0.2, 0.25) is 36.3 Å². The van der Waals surface area contributed by atoms with Crippen LogP contribution in [0.15, 0.2) is 10.2 Å². The van der Waals surface area contributed by atoms with Crippen LogP contribution in [0.1, 0.15) is 48.0 Å². The van der Waals surface area contributed by atoms with Crippen LogP contribution in [0.25, 0.3) is 0 Å². The average molecular weight is 384 g/mol. The molecule has 1 fully saturated rings. The highest BCUT2D eigenvalue weighted by atomic mass is 28.4. The van der Waals surface area contributed by atoms with Gasteiger partial charge in [-0.3, -0.25) is 4.79 Å². The standard InChI is InChI=1S/C18H37N3O2Si2/c1-16(2,3)24(7,8)21-14(13-23-25(9,10)17(4,5)6)18(15(21)22)11-12-19-20-18/h14H,11-13H2,1-10H3/t14-,18-/m1/s1. The van der Waals surface area contributed by atoms with E-state index in [9.17, 15) is 4.79 Å². The van der Waals surface area contributed by atoms with Gasteiger partial charge in [0.25, 0.3) is 0 Å². The molecule has 0 aromatic rings. The number of carbonyl (C=O) groups is 1. The highest BCUT2D eigenvalue weighted by molar-refractivity contribution is 6.80. The van der Waals surface area contributed by atoms with Gasteiger partial charge in [0.15, 0.2) is 22.1 Å². The van der Waals surface area contributed by atoms with E-state index in [-0.39, 0.29) is 22.0 Å². The molecule has 1 saturated heterocycles. The third-order valence-electron chi connectivity index (χ3n) is 7.14. The third kappa shape index (κ3) is 3.16. The number of azo groups is 1. The summed E-state index contributed by atoms with van der Waals surface area (Å²) in [5, 5.41) is 8.88. The molecule has 0 unspecified atom stereocenters. The molecule has 25 heavy (non-hydrogen) atoms. The Kier molecular flexibility index (Phi) is 4.98. The summed E-state index contributed by atoms with van der Waals surface area (Å²) in [5.41, 5.74) is -0.641. The number of rotatable bonds is 4. The number of hydrogen-bond donors (Lipinski definition) is 0. The first kappa shape index (κ1) is 20.8. The smallest absolute Gasteiger partial charge is 0.247 e. The number of nitrogens with zero attached hydrogens (tertiary/aromatic N) is 3. The molecule has 144 valence electrons. The Bertz CT molecular complexity index is 576. The van der Waals surface area contributed by atoms with Gasteiger partial charge in [0, 0.05) is 6.42 Å². The maximum absolute atomic E-state index is 13.2. The second-order valence-corrected chi connectivity index (χ2v) is 20.6. The van der Waals surface area contributed by atoms with Crippen molar-refractivity contribution in [2.75, 3.05) is 13.2 Å². The molecular formula is C18H37N3O2Si2. The Hall–Kier alpha value is -0.536. The Labute approximate surface area is 155 Å². The zero-order valence-corrected chi connectivity index (χ0v) is 19.9. The van der Waals surface area contributed by atoms with E-state index >= 15 is 0 Å². The van der Waals surface area contributed by atoms with Gasteiger partial charge in [-0.1, -0.05) is 54.6 Å². The number of amides is 1. The van der Waals surface area contributed by atoms with Crippen molar-refractivity contribution in [3.05, 3.63) is 0 Å². The molecule has 2 heterocycles. The first-order chi connectivity index (χ1) is 11.1. The van der Waals surface area contributed by atoms with Gasteiger partial charge in [-0.05, 0) is 23.2 Å². The zero-order chi connectivity index (χ0) is 19.5. The molecule has 0 radical (unpaired) electrons. The van der Waals surface area contributed by atoms with Crippen molar-refractivity contribution in [1.29, 1.82) is 0 Å².